The Labute approximate surface area is 76.3 Å². The van der Waals surface area contributed by atoms with Crippen molar-refractivity contribution in [3.8, 4) is 0 Å². The zero-order chi connectivity index (χ0) is 10.1. The van der Waals surface area contributed by atoms with Gasteiger partial charge in [0.15, 0.2) is 0 Å². The third-order valence-electron chi connectivity index (χ3n) is 1.19. The molecule has 0 aliphatic carbocycles. The molecule has 76 valence electrons. The van der Waals surface area contributed by atoms with Gasteiger partial charge in [0.1, 0.15) is 0 Å². The SMILES string of the molecule is COCCNC(=O)CNCC(=O)O. The summed E-state index contributed by atoms with van der Waals surface area (Å²) in [5, 5.41) is 13.2. The number of carboxylic acid groups (broad SMARTS) is 1. The molecule has 0 unspecified atom stereocenters. The summed E-state index contributed by atoms with van der Waals surface area (Å²) in [6, 6.07) is 0. The van der Waals surface area contributed by atoms with Crippen molar-refractivity contribution in [3.63, 3.8) is 0 Å². The van der Waals surface area contributed by atoms with Gasteiger partial charge < -0.3 is 15.2 Å². The van der Waals surface area contributed by atoms with E-state index < -0.39 is 5.97 Å². The molecule has 0 bridgehead atoms. The van der Waals surface area contributed by atoms with E-state index in [0.717, 1.165) is 0 Å². The van der Waals surface area contributed by atoms with Gasteiger partial charge in [0, 0.05) is 13.7 Å². The standard InChI is InChI=1S/C7H14N2O4/c1-13-3-2-9-6(10)4-8-5-7(11)12/h8H,2-5H2,1H3,(H,9,10)(H,11,12). The number of carbonyl (C=O) groups is 2. The first kappa shape index (κ1) is 11.9. The minimum Gasteiger partial charge on any atom is -0.480 e. The first-order valence-corrected chi connectivity index (χ1v) is 3.85. The van der Waals surface area contributed by atoms with Crippen LogP contribution in [0.2, 0.25) is 0 Å². The quantitative estimate of drug-likeness (QED) is 0.422. The summed E-state index contributed by atoms with van der Waals surface area (Å²) in [4.78, 5) is 20.9. The molecule has 6 nitrogen and oxygen atoms in total. The molecule has 0 atom stereocenters. The van der Waals surface area contributed by atoms with Crippen LogP contribution in [0.4, 0.5) is 0 Å². The Morgan fingerprint density at radius 3 is 2.62 bits per heavy atom. The predicted molar refractivity (Wildman–Crippen MR) is 45.4 cm³/mol. The fourth-order valence-electron chi connectivity index (χ4n) is 0.638. The van der Waals surface area contributed by atoms with Crippen LogP contribution < -0.4 is 10.6 Å². The van der Waals surface area contributed by atoms with E-state index in [9.17, 15) is 9.59 Å². The smallest absolute Gasteiger partial charge is 0.317 e. The molecular weight excluding hydrogens is 176 g/mol. The van der Waals surface area contributed by atoms with Gasteiger partial charge in [-0.1, -0.05) is 0 Å². The second-order valence-corrected chi connectivity index (χ2v) is 2.34. The van der Waals surface area contributed by atoms with Crippen molar-refractivity contribution in [1.29, 1.82) is 0 Å². The molecule has 0 aromatic heterocycles. The first-order valence-electron chi connectivity index (χ1n) is 3.85. The number of ether oxygens (including phenoxy) is 1. The maximum absolute atomic E-state index is 10.9. The molecule has 0 fully saturated rings. The van der Waals surface area contributed by atoms with Gasteiger partial charge in [-0.2, -0.15) is 0 Å². The van der Waals surface area contributed by atoms with Gasteiger partial charge in [0.25, 0.3) is 0 Å². The highest BCUT2D eigenvalue weighted by molar-refractivity contribution is 5.78. The van der Waals surface area contributed by atoms with Crippen LogP contribution >= 0.6 is 0 Å². The summed E-state index contributed by atoms with van der Waals surface area (Å²) in [7, 11) is 1.54. The van der Waals surface area contributed by atoms with Crippen molar-refractivity contribution < 1.29 is 19.4 Å². The number of nitrogens with one attached hydrogen (secondary N) is 2. The molecule has 0 saturated heterocycles. The van der Waals surface area contributed by atoms with Gasteiger partial charge in [0.2, 0.25) is 5.91 Å². The summed E-state index contributed by atoms with van der Waals surface area (Å²) in [5.74, 6) is -1.22. The molecule has 1 amide bonds. The largest absolute Gasteiger partial charge is 0.480 e. The fraction of sp³-hybridized carbons (Fsp3) is 0.714. The molecule has 0 heterocycles. The average molecular weight is 190 g/mol. The number of hydrogen-bond donors (Lipinski definition) is 3. The maximum Gasteiger partial charge on any atom is 0.317 e. The summed E-state index contributed by atoms with van der Waals surface area (Å²) < 4.78 is 4.71. The zero-order valence-electron chi connectivity index (χ0n) is 7.50. The Balaban J connectivity index is 3.25. The van der Waals surface area contributed by atoms with Crippen molar-refractivity contribution in [3.05, 3.63) is 0 Å². The van der Waals surface area contributed by atoms with Crippen LogP contribution in [-0.2, 0) is 14.3 Å². The summed E-state index contributed by atoms with van der Waals surface area (Å²) in [6.45, 7) is 0.683. The number of carboxylic acids is 1. The number of amides is 1. The second kappa shape index (κ2) is 7.51. The molecule has 0 rings (SSSR count). The average Bonchev–Trinajstić information content (AvgIpc) is 2.04. The predicted octanol–water partition coefficient (Wildman–Crippen LogP) is -1.58. The van der Waals surface area contributed by atoms with Gasteiger partial charge in [-0.15, -0.1) is 0 Å². The van der Waals surface area contributed by atoms with Gasteiger partial charge in [-0.25, -0.2) is 0 Å². The lowest BCUT2D eigenvalue weighted by Gasteiger charge is -2.03. The van der Waals surface area contributed by atoms with E-state index >= 15 is 0 Å². The van der Waals surface area contributed by atoms with Crippen molar-refractivity contribution in [2.75, 3.05) is 33.4 Å². The molecule has 0 spiro atoms. The van der Waals surface area contributed by atoms with Crippen LogP contribution in [0.5, 0.6) is 0 Å². The Hall–Kier alpha value is -1.14. The third kappa shape index (κ3) is 8.77. The van der Waals surface area contributed by atoms with Crippen LogP contribution in [0.3, 0.4) is 0 Å². The van der Waals surface area contributed by atoms with E-state index in [0.29, 0.717) is 13.2 Å². The van der Waals surface area contributed by atoms with Crippen LogP contribution in [0.1, 0.15) is 0 Å². The molecule has 0 saturated carbocycles. The third-order valence-corrected chi connectivity index (χ3v) is 1.19. The molecule has 0 radical (unpaired) electrons. The van der Waals surface area contributed by atoms with Crippen molar-refractivity contribution in [2.24, 2.45) is 0 Å². The van der Waals surface area contributed by atoms with Gasteiger partial charge >= 0.3 is 5.97 Å². The summed E-state index contributed by atoms with van der Waals surface area (Å²) in [5.41, 5.74) is 0. The molecule has 3 N–H and O–H groups in total. The van der Waals surface area contributed by atoms with E-state index in [4.69, 9.17) is 9.84 Å². The molecule has 0 aliphatic heterocycles. The van der Waals surface area contributed by atoms with E-state index in [2.05, 4.69) is 10.6 Å². The Morgan fingerprint density at radius 1 is 1.38 bits per heavy atom. The van der Waals surface area contributed by atoms with Crippen LogP contribution in [0, 0.1) is 0 Å². The van der Waals surface area contributed by atoms with Gasteiger partial charge in [0.05, 0.1) is 19.7 Å². The van der Waals surface area contributed by atoms with E-state index in [-0.39, 0.29) is 19.0 Å². The summed E-state index contributed by atoms with van der Waals surface area (Å²) >= 11 is 0. The number of rotatable bonds is 7. The van der Waals surface area contributed by atoms with E-state index in [1.165, 1.54) is 7.11 Å². The van der Waals surface area contributed by atoms with Crippen LogP contribution in [0.25, 0.3) is 0 Å². The lowest BCUT2D eigenvalue weighted by atomic mass is 10.5. The Bertz CT molecular complexity index is 172. The molecule has 0 aliphatic rings. The zero-order valence-corrected chi connectivity index (χ0v) is 7.50. The van der Waals surface area contributed by atoms with E-state index in [1.54, 1.807) is 0 Å². The molecular formula is C7H14N2O4. The normalized spacial score (nSPS) is 9.62. The highest BCUT2D eigenvalue weighted by Crippen LogP contribution is 1.67. The van der Waals surface area contributed by atoms with Crippen molar-refractivity contribution >= 4 is 11.9 Å². The minimum atomic E-state index is -0.982. The van der Waals surface area contributed by atoms with Crippen LogP contribution in [-0.4, -0.2) is 50.3 Å². The lowest BCUT2D eigenvalue weighted by molar-refractivity contribution is -0.136. The van der Waals surface area contributed by atoms with Crippen LogP contribution in [0.15, 0.2) is 0 Å². The lowest BCUT2D eigenvalue weighted by Crippen LogP contribution is -2.37. The molecule has 6 heteroatoms. The number of carbonyl (C=O) groups excluding carboxylic acids is 1. The number of aliphatic carboxylic acids is 1. The first-order chi connectivity index (χ1) is 6.16. The maximum atomic E-state index is 10.9. The Morgan fingerprint density at radius 2 is 2.08 bits per heavy atom. The van der Waals surface area contributed by atoms with Crippen molar-refractivity contribution in [2.45, 2.75) is 0 Å². The highest BCUT2D eigenvalue weighted by Gasteiger charge is 2.00. The molecule has 13 heavy (non-hydrogen) atoms. The monoisotopic (exact) mass is 190 g/mol. The summed E-state index contributed by atoms with van der Waals surface area (Å²) in [6.07, 6.45) is 0. The fourth-order valence-corrected chi connectivity index (χ4v) is 0.638. The van der Waals surface area contributed by atoms with Gasteiger partial charge in [-0.05, 0) is 0 Å². The second-order valence-electron chi connectivity index (χ2n) is 2.34. The van der Waals surface area contributed by atoms with Crippen molar-refractivity contribution in [1.82, 2.24) is 10.6 Å². The molecule has 0 aromatic carbocycles. The highest BCUT2D eigenvalue weighted by atomic mass is 16.5. The van der Waals surface area contributed by atoms with Gasteiger partial charge in [-0.3, -0.25) is 14.9 Å². The number of methoxy groups -OCH3 is 1. The van der Waals surface area contributed by atoms with E-state index in [1.807, 2.05) is 0 Å². The topological polar surface area (TPSA) is 87.7 Å². The minimum absolute atomic E-state index is 0.00993. The Kier molecular flexibility index (Phi) is 6.85. The number of hydrogen-bond acceptors (Lipinski definition) is 4. The molecule has 0 aromatic rings.